The Labute approximate surface area is 113 Å². The van der Waals surface area contributed by atoms with Crippen LogP contribution in [0.1, 0.15) is 31.7 Å². The van der Waals surface area contributed by atoms with Crippen molar-refractivity contribution in [3.8, 4) is 0 Å². The summed E-state index contributed by atoms with van der Waals surface area (Å²) in [5.74, 6) is 0.896. The molecule has 0 aliphatic carbocycles. The smallest absolute Gasteiger partial charge is 0.303 e. The van der Waals surface area contributed by atoms with Crippen LogP contribution in [0.25, 0.3) is 11.0 Å². The quantitative estimate of drug-likeness (QED) is 0.899. The van der Waals surface area contributed by atoms with Crippen molar-refractivity contribution in [2.45, 2.75) is 33.1 Å². The first kappa shape index (κ1) is 13.6. The largest absolute Gasteiger partial charge is 0.481 e. The number of aliphatic carboxylic acids is 1. The molecule has 0 aliphatic rings. The number of carboxylic acid groups (broad SMARTS) is 1. The highest BCUT2D eigenvalue weighted by molar-refractivity contribution is 5.77. The molecule has 4 nitrogen and oxygen atoms in total. The van der Waals surface area contributed by atoms with Crippen LogP contribution < -0.4 is 0 Å². The van der Waals surface area contributed by atoms with E-state index in [-0.39, 0.29) is 6.42 Å². The molecular formula is C15H20N2O2. The Bertz CT molecular complexity index is 599. The predicted octanol–water partition coefficient (Wildman–Crippen LogP) is 2.79. The molecule has 102 valence electrons. The van der Waals surface area contributed by atoms with Crippen molar-refractivity contribution in [1.82, 2.24) is 9.55 Å². The third-order valence-corrected chi connectivity index (χ3v) is 3.26. The number of aryl methyl sites for hydroxylation is 2. The molecule has 2 aromatic rings. The molecular weight excluding hydrogens is 240 g/mol. The zero-order valence-electron chi connectivity index (χ0n) is 11.7. The number of hydrogen-bond acceptors (Lipinski definition) is 2. The minimum Gasteiger partial charge on any atom is -0.481 e. The number of fused-ring (bicyclic) bond motifs is 1. The average Bonchev–Trinajstić information content (AvgIpc) is 2.63. The van der Waals surface area contributed by atoms with Gasteiger partial charge in [-0.3, -0.25) is 4.79 Å². The molecule has 0 saturated heterocycles. The minimum absolute atomic E-state index is 0.169. The molecule has 2 rings (SSSR count). The summed E-state index contributed by atoms with van der Waals surface area (Å²) in [5.41, 5.74) is 3.12. The van der Waals surface area contributed by atoms with E-state index < -0.39 is 5.97 Å². The van der Waals surface area contributed by atoms with Crippen LogP contribution in [0.5, 0.6) is 0 Å². The lowest BCUT2D eigenvalue weighted by molar-refractivity contribution is -0.136. The van der Waals surface area contributed by atoms with Crippen molar-refractivity contribution >= 4 is 17.0 Å². The van der Waals surface area contributed by atoms with Crippen molar-refractivity contribution in [3.05, 3.63) is 29.6 Å². The molecule has 0 spiro atoms. The highest BCUT2D eigenvalue weighted by Crippen LogP contribution is 2.19. The topological polar surface area (TPSA) is 55.1 Å². The van der Waals surface area contributed by atoms with Gasteiger partial charge in [-0.25, -0.2) is 4.98 Å². The fourth-order valence-electron chi connectivity index (χ4n) is 2.24. The van der Waals surface area contributed by atoms with Gasteiger partial charge in [0.25, 0.3) is 0 Å². The van der Waals surface area contributed by atoms with Gasteiger partial charge < -0.3 is 9.67 Å². The maximum Gasteiger partial charge on any atom is 0.303 e. The van der Waals surface area contributed by atoms with Crippen LogP contribution in [0.2, 0.25) is 0 Å². The normalized spacial score (nSPS) is 11.4. The van der Waals surface area contributed by atoms with Gasteiger partial charge >= 0.3 is 5.97 Å². The van der Waals surface area contributed by atoms with Gasteiger partial charge in [-0.05, 0) is 30.0 Å². The maximum absolute atomic E-state index is 10.6. The van der Waals surface area contributed by atoms with E-state index in [1.165, 1.54) is 0 Å². The molecule has 1 aromatic carbocycles. The summed E-state index contributed by atoms with van der Waals surface area (Å²) < 4.78 is 2.11. The highest BCUT2D eigenvalue weighted by Gasteiger charge is 2.10. The van der Waals surface area contributed by atoms with Crippen molar-refractivity contribution in [2.24, 2.45) is 13.0 Å². The summed E-state index contributed by atoms with van der Waals surface area (Å²) in [6.07, 6.45) is 1.69. The molecule has 0 unspecified atom stereocenters. The molecule has 0 radical (unpaired) electrons. The van der Waals surface area contributed by atoms with E-state index in [0.29, 0.717) is 12.3 Å². The van der Waals surface area contributed by atoms with Gasteiger partial charge in [0, 0.05) is 19.9 Å². The van der Waals surface area contributed by atoms with Crippen LogP contribution in [0.3, 0.4) is 0 Å². The van der Waals surface area contributed by atoms with Gasteiger partial charge in [0.15, 0.2) is 0 Å². The second-order valence-corrected chi connectivity index (χ2v) is 5.40. The van der Waals surface area contributed by atoms with Gasteiger partial charge in [-0.1, -0.05) is 19.9 Å². The first-order chi connectivity index (χ1) is 8.97. The van der Waals surface area contributed by atoms with Gasteiger partial charge in [-0.15, -0.1) is 0 Å². The van der Waals surface area contributed by atoms with Crippen LogP contribution in [0.15, 0.2) is 18.2 Å². The first-order valence-corrected chi connectivity index (χ1v) is 6.63. The Morgan fingerprint density at radius 1 is 1.42 bits per heavy atom. The van der Waals surface area contributed by atoms with E-state index in [1.807, 2.05) is 19.2 Å². The van der Waals surface area contributed by atoms with Gasteiger partial charge in [0.1, 0.15) is 5.82 Å². The summed E-state index contributed by atoms with van der Waals surface area (Å²) in [7, 11) is 2.02. The Kier molecular flexibility index (Phi) is 3.88. The molecule has 1 N–H and O–H groups in total. The minimum atomic E-state index is -0.759. The number of nitrogens with zero attached hydrogens (tertiary/aromatic N) is 2. The number of carboxylic acids is 1. The molecule has 1 aromatic heterocycles. The van der Waals surface area contributed by atoms with Gasteiger partial charge in [-0.2, -0.15) is 0 Å². The van der Waals surface area contributed by atoms with E-state index in [4.69, 9.17) is 5.11 Å². The van der Waals surface area contributed by atoms with Crippen molar-refractivity contribution in [2.75, 3.05) is 0 Å². The lowest BCUT2D eigenvalue weighted by Crippen LogP contribution is -2.02. The molecule has 4 heteroatoms. The molecule has 0 aliphatic heterocycles. The Balaban J connectivity index is 2.31. The van der Waals surface area contributed by atoms with E-state index >= 15 is 0 Å². The fourth-order valence-corrected chi connectivity index (χ4v) is 2.24. The van der Waals surface area contributed by atoms with Crippen LogP contribution in [-0.2, 0) is 24.7 Å². The Hall–Kier alpha value is -1.84. The maximum atomic E-state index is 10.6. The second kappa shape index (κ2) is 5.43. The summed E-state index contributed by atoms with van der Waals surface area (Å²) in [6.45, 7) is 4.36. The summed E-state index contributed by atoms with van der Waals surface area (Å²) in [4.78, 5) is 15.2. The summed E-state index contributed by atoms with van der Waals surface area (Å²) in [5, 5.41) is 8.73. The molecule has 19 heavy (non-hydrogen) atoms. The van der Waals surface area contributed by atoms with Gasteiger partial charge in [0.2, 0.25) is 0 Å². The summed E-state index contributed by atoms with van der Waals surface area (Å²) in [6, 6.07) is 6.00. The third-order valence-electron chi connectivity index (χ3n) is 3.26. The highest BCUT2D eigenvalue weighted by atomic mass is 16.4. The monoisotopic (exact) mass is 260 g/mol. The van der Waals surface area contributed by atoms with Crippen molar-refractivity contribution in [3.63, 3.8) is 0 Å². The average molecular weight is 260 g/mol. The molecule has 0 saturated carbocycles. The SMILES string of the molecule is CC(C)Cc1nc2ccc(CCC(=O)O)cc2n1C. The van der Waals surface area contributed by atoms with E-state index in [1.54, 1.807) is 0 Å². The van der Waals surface area contributed by atoms with Crippen LogP contribution in [0, 0.1) is 5.92 Å². The first-order valence-electron chi connectivity index (χ1n) is 6.63. The van der Waals surface area contributed by atoms with Gasteiger partial charge in [0.05, 0.1) is 11.0 Å². The number of benzene rings is 1. The van der Waals surface area contributed by atoms with Crippen molar-refractivity contribution in [1.29, 1.82) is 0 Å². The van der Waals surface area contributed by atoms with Crippen LogP contribution >= 0.6 is 0 Å². The zero-order chi connectivity index (χ0) is 14.0. The van der Waals surface area contributed by atoms with Crippen LogP contribution in [0.4, 0.5) is 0 Å². The lowest BCUT2D eigenvalue weighted by Gasteiger charge is -2.05. The number of hydrogen-bond donors (Lipinski definition) is 1. The van der Waals surface area contributed by atoms with Crippen LogP contribution in [-0.4, -0.2) is 20.6 Å². The third kappa shape index (κ3) is 3.13. The Morgan fingerprint density at radius 3 is 2.79 bits per heavy atom. The molecule has 0 bridgehead atoms. The molecule has 0 fully saturated rings. The molecule has 0 atom stereocenters. The fraction of sp³-hybridized carbons (Fsp3) is 0.467. The van der Waals surface area contributed by atoms with Crippen molar-refractivity contribution < 1.29 is 9.90 Å². The molecule has 1 heterocycles. The number of carbonyl (C=O) groups is 1. The number of rotatable bonds is 5. The second-order valence-electron chi connectivity index (χ2n) is 5.40. The van der Waals surface area contributed by atoms with E-state index in [2.05, 4.69) is 29.5 Å². The summed E-state index contributed by atoms with van der Waals surface area (Å²) >= 11 is 0. The predicted molar refractivity (Wildman–Crippen MR) is 75.2 cm³/mol. The molecule has 0 amide bonds. The standard InChI is InChI=1S/C15H20N2O2/c1-10(2)8-14-16-12-6-4-11(5-7-15(18)19)9-13(12)17(14)3/h4,6,9-10H,5,7-8H2,1-3H3,(H,18,19). The number of imidazole rings is 1. The van der Waals surface area contributed by atoms with E-state index in [0.717, 1.165) is 28.8 Å². The Morgan fingerprint density at radius 2 is 2.16 bits per heavy atom. The lowest BCUT2D eigenvalue weighted by atomic mass is 10.1. The number of aromatic nitrogens is 2. The van der Waals surface area contributed by atoms with E-state index in [9.17, 15) is 4.79 Å². The zero-order valence-corrected chi connectivity index (χ0v) is 11.7.